The molecule has 1 aliphatic carbocycles. The van der Waals surface area contributed by atoms with Crippen molar-refractivity contribution in [1.82, 2.24) is 19.2 Å². The third-order valence-electron chi connectivity index (χ3n) is 8.96. The molecule has 0 aromatic carbocycles. The summed E-state index contributed by atoms with van der Waals surface area (Å²) in [6.45, 7) is 17.7. The fraction of sp³-hybridized carbons (Fsp3) is 1.00. The zero-order chi connectivity index (χ0) is 31.0. The molecule has 4 unspecified atom stereocenters. The van der Waals surface area contributed by atoms with Gasteiger partial charge in [0.25, 0.3) is 0 Å². The van der Waals surface area contributed by atoms with E-state index in [9.17, 15) is 0 Å². The topological polar surface area (TPSA) is 22.2 Å². The van der Waals surface area contributed by atoms with Crippen LogP contribution in [0.2, 0.25) is 0 Å². The van der Waals surface area contributed by atoms with E-state index in [1.165, 1.54) is 109 Å². The van der Waals surface area contributed by atoms with Crippen LogP contribution in [0.4, 0.5) is 0 Å². The smallest absolute Gasteiger partial charge is 0.182 e. The van der Waals surface area contributed by atoms with Gasteiger partial charge in [0.15, 0.2) is 31.9 Å². The average Bonchev–Trinajstić information content (AvgIpc) is 3.56. The molecule has 6 rings (SSSR count). The van der Waals surface area contributed by atoms with Crippen LogP contribution in [0.3, 0.4) is 0 Å². The Morgan fingerprint density at radius 1 is 0.381 bits per heavy atom. The molecule has 0 bridgehead atoms. The van der Waals surface area contributed by atoms with Crippen LogP contribution >= 0.6 is 0 Å². The summed E-state index contributed by atoms with van der Waals surface area (Å²) < 4.78 is 5.36. The standard InChI is InChI=1S/C7H14.C6H12O.4C5H10BN/c1-6-3-4-7(2)5-6;1-5-3-4-6(2)7-5;4*6-7-4-2-1-3-5-7/h6-7H,3-5H2,1-2H3;5-6H,3-4H2,1-2H3;4*1-5H2. The summed E-state index contributed by atoms with van der Waals surface area (Å²) in [6.07, 6.45) is 23.7. The van der Waals surface area contributed by atoms with E-state index in [0.29, 0.717) is 12.2 Å². The van der Waals surface area contributed by atoms with Crippen LogP contribution in [-0.4, -0.2) is 116 Å². The van der Waals surface area contributed by atoms with Crippen LogP contribution in [0.5, 0.6) is 0 Å². The molecule has 6 fully saturated rings. The summed E-state index contributed by atoms with van der Waals surface area (Å²) in [4.78, 5) is 7.57. The van der Waals surface area contributed by atoms with Crippen molar-refractivity contribution in [3.8, 4) is 0 Å². The zero-order valence-electron chi connectivity index (χ0n) is 28.5. The minimum absolute atomic E-state index is 0.523. The van der Waals surface area contributed by atoms with Crippen LogP contribution in [0, 0.1) is 11.8 Å². The molecule has 0 aromatic heterocycles. The Morgan fingerprint density at radius 3 is 0.714 bits per heavy atom. The molecule has 0 spiro atoms. The Morgan fingerprint density at radius 2 is 0.619 bits per heavy atom. The molecule has 42 heavy (non-hydrogen) atoms. The molecule has 5 nitrogen and oxygen atoms in total. The first-order valence-corrected chi connectivity index (χ1v) is 17.8. The number of hydrogen-bond donors (Lipinski definition) is 0. The molecule has 5 aliphatic heterocycles. The first kappa shape index (κ1) is 40.1. The lowest BCUT2D eigenvalue weighted by Crippen LogP contribution is -2.26. The van der Waals surface area contributed by atoms with E-state index in [1.54, 1.807) is 0 Å². The number of rotatable bonds is 0. The fourth-order valence-electron chi connectivity index (χ4n) is 6.17. The van der Waals surface area contributed by atoms with E-state index in [2.05, 4.69) is 27.7 Å². The highest BCUT2D eigenvalue weighted by atomic mass is 16.5. The van der Waals surface area contributed by atoms with Crippen LogP contribution in [-0.2, 0) is 4.74 Å². The summed E-state index contributed by atoms with van der Waals surface area (Å²) in [5, 5.41) is 0. The molecule has 5 heterocycles. The summed E-state index contributed by atoms with van der Waals surface area (Å²) >= 11 is 0. The van der Waals surface area contributed by atoms with E-state index in [0.717, 1.165) is 64.2 Å². The normalized spacial score (nSPS) is 30.8. The Bertz CT molecular complexity index is 475. The molecule has 236 valence electrons. The predicted molar refractivity (Wildman–Crippen MR) is 186 cm³/mol. The lowest BCUT2D eigenvalue weighted by molar-refractivity contribution is 0.0673. The van der Waals surface area contributed by atoms with Gasteiger partial charge in [-0.2, -0.15) is 0 Å². The number of piperidine rings is 4. The minimum atomic E-state index is 0.523. The Kier molecular flexibility index (Phi) is 25.1. The quantitative estimate of drug-likeness (QED) is 0.317. The van der Waals surface area contributed by atoms with Crippen molar-refractivity contribution in [2.24, 2.45) is 11.8 Å². The molecule has 5 saturated heterocycles. The highest BCUT2D eigenvalue weighted by Gasteiger charge is 2.16. The molecule has 8 radical (unpaired) electrons. The van der Waals surface area contributed by atoms with E-state index >= 15 is 0 Å². The van der Waals surface area contributed by atoms with Crippen LogP contribution < -0.4 is 0 Å². The molecule has 4 atom stereocenters. The summed E-state index contributed by atoms with van der Waals surface area (Å²) in [6, 6.07) is 0. The van der Waals surface area contributed by atoms with Gasteiger partial charge in [-0.3, -0.25) is 0 Å². The van der Waals surface area contributed by atoms with Crippen molar-refractivity contribution >= 4 is 31.9 Å². The van der Waals surface area contributed by atoms with Crippen molar-refractivity contribution in [2.75, 3.05) is 52.4 Å². The lowest BCUT2D eigenvalue weighted by atomic mass is 10.1. The monoisotopic (exact) mass is 579 g/mol. The molecule has 0 amide bonds. The first-order chi connectivity index (χ1) is 20.2. The van der Waals surface area contributed by atoms with Crippen molar-refractivity contribution in [2.45, 2.75) is 149 Å². The Balaban J connectivity index is 0.000000252. The SMILES string of the molecule is CC1CCC(C)C1.CC1CCC(C)O1.[B]N1CCCCC1.[B]N1CCCCC1.[B]N1CCCCC1.[B]N1CCCCC1. The van der Waals surface area contributed by atoms with Gasteiger partial charge in [0.1, 0.15) is 0 Å². The minimum Gasteiger partial charge on any atom is -0.376 e. The van der Waals surface area contributed by atoms with Gasteiger partial charge in [-0.05, 0) is 149 Å². The predicted octanol–water partition coefficient (Wildman–Crippen LogP) is 6.24. The van der Waals surface area contributed by atoms with Gasteiger partial charge in [0.05, 0.1) is 12.2 Å². The molecule has 0 aromatic rings. The lowest BCUT2D eigenvalue weighted by Gasteiger charge is -2.21. The van der Waals surface area contributed by atoms with Crippen molar-refractivity contribution in [3.63, 3.8) is 0 Å². The van der Waals surface area contributed by atoms with Gasteiger partial charge in [-0.25, -0.2) is 0 Å². The number of nitrogens with zero attached hydrogens (tertiary/aromatic N) is 4. The van der Waals surface area contributed by atoms with Crippen LogP contribution in [0.1, 0.15) is 137 Å². The summed E-state index contributed by atoms with van der Waals surface area (Å²) in [7, 11) is 21.9. The van der Waals surface area contributed by atoms with Gasteiger partial charge in [-0.15, -0.1) is 0 Å². The van der Waals surface area contributed by atoms with Gasteiger partial charge in [-0.1, -0.05) is 52.4 Å². The first-order valence-electron chi connectivity index (χ1n) is 17.8. The van der Waals surface area contributed by atoms with Crippen molar-refractivity contribution in [3.05, 3.63) is 0 Å². The molecular weight excluding hydrogens is 512 g/mol. The van der Waals surface area contributed by atoms with Gasteiger partial charge >= 0.3 is 0 Å². The number of hydrogen-bond acceptors (Lipinski definition) is 5. The molecule has 6 aliphatic rings. The van der Waals surface area contributed by atoms with E-state index < -0.39 is 0 Å². The summed E-state index contributed by atoms with van der Waals surface area (Å²) in [5.74, 6) is 2.05. The average molecular weight is 578 g/mol. The fourth-order valence-corrected chi connectivity index (χ4v) is 6.17. The van der Waals surface area contributed by atoms with Crippen molar-refractivity contribution in [1.29, 1.82) is 0 Å². The highest BCUT2D eigenvalue weighted by Crippen LogP contribution is 2.29. The second-order valence-electron chi connectivity index (χ2n) is 13.7. The largest absolute Gasteiger partial charge is 0.376 e. The van der Waals surface area contributed by atoms with E-state index in [4.69, 9.17) is 36.7 Å². The number of ether oxygens (including phenoxy) is 1. The Labute approximate surface area is 268 Å². The second kappa shape index (κ2) is 26.3. The molecule has 0 N–H and O–H groups in total. The van der Waals surface area contributed by atoms with Gasteiger partial charge in [0, 0.05) is 0 Å². The van der Waals surface area contributed by atoms with Gasteiger partial charge in [0.2, 0.25) is 0 Å². The van der Waals surface area contributed by atoms with E-state index in [1.807, 2.05) is 19.2 Å². The third kappa shape index (κ3) is 24.4. The van der Waals surface area contributed by atoms with Crippen LogP contribution in [0.25, 0.3) is 0 Å². The summed E-state index contributed by atoms with van der Waals surface area (Å²) in [5.41, 5.74) is 0. The maximum Gasteiger partial charge on any atom is 0.182 e. The molecule has 9 heteroatoms. The van der Waals surface area contributed by atoms with Gasteiger partial charge < -0.3 is 24.0 Å². The zero-order valence-corrected chi connectivity index (χ0v) is 28.5. The second-order valence-corrected chi connectivity index (χ2v) is 13.7. The molecule has 1 saturated carbocycles. The maximum absolute atomic E-state index is 5.47. The van der Waals surface area contributed by atoms with E-state index in [-0.39, 0.29) is 0 Å². The maximum atomic E-state index is 5.47. The molecular formula is C33H66B4N4O. The highest BCUT2D eigenvalue weighted by molar-refractivity contribution is 6.05. The van der Waals surface area contributed by atoms with Crippen LogP contribution in [0.15, 0.2) is 0 Å². The third-order valence-corrected chi connectivity index (χ3v) is 8.96. The van der Waals surface area contributed by atoms with Crippen molar-refractivity contribution < 1.29 is 4.74 Å². The Hall–Kier alpha value is 0.0597.